The minimum atomic E-state index is -1.07. The normalized spacial score (nSPS) is 10.4. The van der Waals surface area contributed by atoms with Gasteiger partial charge in [-0.2, -0.15) is 0 Å². The van der Waals surface area contributed by atoms with Crippen LogP contribution in [-0.4, -0.2) is 23.6 Å². The van der Waals surface area contributed by atoms with Crippen molar-refractivity contribution in [1.29, 1.82) is 0 Å². The monoisotopic (exact) mass is 402 g/mol. The summed E-state index contributed by atoms with van der Waals surface area (Å²) in [4.78, 5) is 22.0. The quantitative estimate of drug-likeness (QED) is 0.652. The third-order valence-electron chi connectivity index (χ3n) is 3.13. The number of nitrogens with two attached hydrogens (primary N) is 1. The number of halogens is 3. The highest BCUT2D eigenvalue weighted by atomic mass is 35.5. The van der Waals surface area contributed by atoms with Gasteiger partial charge in [0, 0.05) is 17.1 Å². The smallest absolute Gasteiger partial charge is 0.335 e. The molecule has 0 spiro atoms. The molecular weight excluding hydrogens is 391 g/mol. The average Bonchev–Trinajstić information content (AvgIpc) is 2.52. The summed E-state index contributed by atoms with van der Waals surface area (Å²) < 4.78 is 5.33. The van der Waals surface area contributed by atoms with Crippen LogP contribution in [-0.2, 0) is 11.3 Å². The molecule has 2 rings (SSSR count). The van der Waals surface area contributed by atoms with E-state index in [1.165, 1.54) is 24.3 Å². The maximum atomic E-state index is 11.1. The van der Waals surface area contributed by atoms with Gasteiger partial charge in [-0.1, -0.05) is 34.8 Å². The number of primary amides is 1. The molecular formula is C16H13Cl3N2O4. The highest BCUT2D eigenvalue weighted by Crippen LogP contribution is 2.33. The number of aromatic carboxylic acids is 1. The van der Waals surface area contributed by atoms with E-state index >= 15 is 0 Å². The second kappa shape index (κ2) is 8.29. The number of carboxylic acid groups (broad SMARTS) is 1. The van der Waals surface area contributed by atoms with Gasteiger partial charge in [-0.3, -0.25) is 4.79 Å². The number of nitrogens with one attached hydrogen (secondary N) is 1. The van der Waals surface area contributed by atoms with Crippen LogP contribution in [0.4, 0.5) is 5.69 Å². The molecule has 0 saturated carbocycles. The van der Waals surface area contributed by atoms with Crippen molar-refractivity contribution in [3.63, 3.8) is 0 Å². The Bertz CT molecular complexity index is 827. The highest BCUT2D eigenvalue weighted by Gasteiger charge is 2.13. The first kappa shape index (κ1) is 19.2. The van der Waals surface area contributed by atoms with Crippen molar-refractivity contribution < 1.29 is 19.4 Å². The molecule has 0 saturated heterocycles. The number of hydrogen-bond donors (Lipinski definition) is 3. The van der Waals surface area contributed by atoms with E-state index < -0.39 is 11.9 Å². The van der Waals surface area contributed by atoms with Crippen LogP contribution in [0, 0.1) is 0 Å². The summed E-state index contributed by atoms with van der Waals surface area (Å²) in [6.07, 6.45) is 0. The number of rotatable bonds is 7. The van der Waals surface area contributed by atoms with Gasteiger partial charge in [-0.05, 0) is 30.3 Å². The molecule has 132 valence electrons. The lowest BCUT2D eigenvalue weighted by atomic mass is 10.1. The van der Waals surface area contributed by atoms with E-state index in [1.807, 2.05) is 0 Å². The van der Waals surface area contributed by atoms with Gasteiger partial charge in [0.25, 0.3) is 5.91 Å². The van der Waals surface area contributed by atoms with E-state index in [1.54, 1.807) is 6.07 Å². The number of carboxylic acids is 1. The van der Waals surface area contributed by atoms with E-state index in [0.29, 0.717) is 21.3 Å². The van der Waals surface area contributed by atoms with Crippen molar-refractivity contribution in [2.24, 2.45) is 5.73 Å². The standard InChI is InChI=1S/C16H13Cl3N2O4/c17-10-3-9(15(12(19)5-10)25-7-14(20)22)6-21-13-4-8(16(23)24)1-2-11(13)18/h1-5,21H,6-7H2,(H2,20,22)(H,23,24). The van der Waals surface area contributed by atoms with Crippen molar-refractivity contribution in [3.8, 4) is 5.75 Å². The molecule has 2 aromatic rings. The van der Waals surface area contributed by atoms with Crippen LogP contribution in [0.25, 0.3) is 0 Å². The number of anilines is 1. The van der Waals surface area contributed by atoms with Gasteiger partial charge in [0.1, 0.15) is 5.75 Å². The predicted molar refractivity (Wildman–Crippen MR) is 96.9 cm³/mol. The van der Waals surface area contributed by atoms with Gasteiger partial charge in [-0.25, -0.2) is 4.79 Å². The summed E-state index contributed by atoms with van der Waals surface area (Å²) in [5.41, 5.74) is 6.13. The van der Waals surface area contributed by atoms with Gasteiger partial charge in [0.05, 0.1) is 21.3 Å². The van der Waals surface area contributed by atoms with Crippen molar-refractivity contribution >= 4 is 52.4 Å². The van der Waals surface area contributed by atoms with Crippen LogP contribution in [0.3, 0.4) is 0 Å². The first-order chi connectivity index (χ1) is 11.8. The highest BCUT2D eigenvalue weighted by molar-refractivity contribution is 6.35. The topological polar surface area (TPSA) is 102 Å². The summed E-state index contributed by atoms with van der Waals surface area (Å²) >= 11 is 18.2. The molecule has 0 aliphatic rings. The average molecular weight is 404 g/mol. The third kappa shape index (κ3) is 5.16. The van der Waals surface area contributed by atoms with Gasteiger partial charge < -0.3 is 20.9 Å². The van der Waals surface area contributed by atoms with Crippen molar-refractivity contribution in [2.75, 3.05) is 11.9 Å². The third-order valence-corrected chi connectivity index (χ3v) is 3.96. The number of carbonyl (C=O) groups is 2. The lowest BCUT2D eigenvalue weighted by molar-refractivity contribution is -0.119. The number of hydrogen-bond acceptors (Lipinski definition) is 4. The van der Waals surface area contributed by atoms with Gasteiger partial charge in [-0.15, -0.1) is 0 Å². The van der Waals surface area contributed by atoms with Gasteiger partial charge in [0.15, 0.2) is 6.61 Å². The van der Waals surface area contributed by atoms with Crippen LogP contribution in [0.15, 0.2) is 30.3 Å². The second-order valence-electron chi connectivity index (χ2n) is 4.98. The molecule has 0 aliphatic carbocycles. The Balaban J connectivity index is 2.26. The Hall–Kier alpha value is -2.15. The molecule has 4 N–H and O–H groups in total. The molecule has 6 nitrogen and oxygen atoms in total. The SMILES string of the molecule is NC(=O)COc1c(Cl)cc(Cl)cc1CNc1cc(C(=O)O)ccc1Cl. The molecule has 0 aliphatic heterocycles. The van der Waals surface area contributed by atoms with E-state index in [9.17, 15) is 9.59 Å². The van der Waals surface area contributed by atoms with Crippen LogP contribution < -0.4 is 15.8 Å². The number of carbonyl (C=O) groups excluding carboxylic acids is 1. The molecule has 2 aromatic carbocycles. The fourth-order valence-electron chi connectivity index (χ4n) is 2.03. The molecule has 1 amide bonds. The zero-order chi connectivity index (χ0) is 18.6. The Kier molecular flexibility index (Phi) is 6.36. The van der Waals surface area contributed by atoms with Gasteiger partial charge in [0.2, 0.25) is 0 Å². The Morgan fingerprint density at radius 3 is 2.48 bits per heavy atom. The summed E-state index contributed by atoms with van der Waals surface area (Å²) in [6.45, 7) is -0.166. The molecule has 0 unspecified atom stereocenters. The fraction of sp³-hybridized carbons (Fsp3) is 0.125. The van der Waals surface area contributed by atoms with Crippen molar-refractivity contribution in [2.45, 2.75) is 6.54 Å². The minimum absolute atomic E-state index is 0.0845. The Labute approximate surface area is 158 Å². The van der Waals surface area contributed by atoms with E-state index in [-0.39, 0.29) is 29.5 Å². The first-order valence-corrected chi connectivity index (χ1v) is 8.07. The van der Waals surface area contributed by atoms with E-state index in [4.69, 9.17) is 50.4 Å². The maximum Gasteiger partial charge on any atom is 0.335 e. The predicted octanol–water partition coefficient (Wildman–Crippen LogP) is 3.82. The molecule has 0 bridgehead atoms. The maximum absolute atomic E-state index is 11.1. The summed E-state index contributed by atoms with van der Waals surface area (Å²) in [6, 6.07) is 7.35. The zero-order valence-corrected chi connectivity index (χ0v) is 15.0. The summed E-state index contributed by atoms with van der Waals surface area (Å²) in [5, 5.41) is 13.0. The van der Waals surface area contributed by atoms with E-state index in [2.05, 4.69) is 5.32 Å². The summed E-state index contributed by atoms with van der Waals surface area (Å²) in [7, 11) is 0. The second-order valence-corrected chi connectivity index (χ2v) is 6.24. The molecule has 0 heterocycles. The molecule has 9 heteroatoms. The molecule has 0 aromatic heterocycles. The largest absolute Gasteiger partial charge is 0.482 e. The Morgan fingerprint density at radius 2 is 1.84 bits per heavy atom. The summed E-state index contributed by atoms with van der Waals surface area (Å²) in [5.74, 6) is -1.47. The number of ether oxygens (including phenoxy) is 1. The van der Waals surface area contributed by atoms with Crippen molar-refractivity contribution in [3.05, 3.63) is 56.5 Å². The fourth-order valence-corrected chi connectivity index (χ4v) is 2.81. The lowest BCUT2D eigenvalue weighted by Crippen LogP contribution is -2.20. The van der Waals surface area contributed by atoms with Crippen LogP contribution in [0.5, 0.6) is 5.75 Å². The van der Waals surface area contributed by atoms with Crippen LogP contribution >= 0.6 is 34.8 Å². The minimum Gasteiger partial charge on any atom is -0.482 e. The van der Waals surface area contributed by atoms with Crippen LogP contribution in [0.1, 0.15) is 15.9 Å². The van der Waals surface area contributed by atoms with Crippen molar-refractivity contribution in [1.82, 2.24) is 0 Å². The molecule has 0 atom stereocenters. The van der Waals surface area contributed by atoms with Crippen LogP contribution in [0.2, 0.25) is 15.1 Å². The zero-order valence-electron chi connectivity index (χ0n) is 12.7. The molecule has 25 heavy (non-hydrogen) atoms. The molecule has 0 radical (unpaired) electrons. The van der Waals surface area contributed by atoms with Gasteiger partial charge >= 0.3 is 5.97 Å². The Morgan fingerprint density at radius 1 is 1.12 bits per heavy atom. The number of benzene rings is 2. The lowest BCUT2D eigenvalue weighted by Gasteiger charge is -2.15. The molecule has 0 fully saturated rings. The number of amides is 1. The van der Waals surface area contributed by atoms with E-state index in [0.717, 1.165) is 0 Å². The first-order valence-electron chi connectivity index (χ1n) is 6.93.